The number of aliphatic hydroxyl groups excluding tert-OH is 1. The Morgan fingerprint density at radius 1 is 1.35 bits per heavy atom. The highest BCUT2D eigenvalue weighted by atomic mass is 35.5. The van der Waals surface area contributed by atoms with E-state index in [2.05, 4.69) is 27.4 Å². The summed E-state index contributed by atoms with van der Waals surface area (Å²) in [5.74, 6) is 1.66. The van der Waals surface area contributed by atoms with Crippen LogP contribution in [0.4, 0.5) is 0 Å². The van der Waals surface area contributed by atoms with Gasteiger partial charge in [-0.3, -0.25) is 4.99 Å². The third kappa shape index (κ3) is 7.82. The zero-order valence-electron chi connectivity index (χ0n) is 16.0. The van der Waals surface area contributed by atoms with Crippen LogP contribution in [0.5, 0.6) is 0 Å². The molecule has 2 heterocycles. The Labute approximate surface area is 166 Å². The average molecular weight is 401 g/mol. The zero-order valence-corrected chi connectivity index (χ0v) is 17.6. The van der Waals surface area contributed by atoms with Crippen molar-refractivity contribution in [1.29, 1.82) is 0 Å². The number of nitrogens with zero attached hydrogens (tertiary/aromatic N) is 2. The van der Waals surface area contributed by atoms with Gasteiger partial charge in [0.15, 0.2) is 5.96 Å². The highest BCUT2D eigenvalue weighted by Crippen LogP contribution is 2.26. The first kappa shape index (κ1) is 21.5. The quantitative estimate of drug-likeness (QED) is 0.337. The molecule has 1 aromatic heterocycles. The average Bonchev–Trinajstić information content (AvgIpc) is 3.07. The molecule has 148 valence electrons. The maximum absolute atomic E-state index is 10.2. The van der Waals surface area contributed by atoms with Crippen molar-refractivity contribution in [2.24, 2.45) is 10.9 Å². The number of rotatable bonds is 9. The first-order valence-electron chi connectivity index (χ1n) is 9.76. The number of aliphatic imine (C=N–C) groups is 1. The predicted octanol–water partition coefficient (Wildman–Crippen LogP) is 3.50. The van der Waals surface area contributed by atoms with Gasteiger partial charge in [0.05, 0.1) is 10.9 Å². The lowest BCUT2D eigenvalue weighted by Gasteiger charge is -2.30. The van der Waals surface area contributed by atoms with Gasteiger partial charge in [0.25, 0.3) is 0 Å². The molecule has 1 aliphatic heterocycles. The van der Waals surface area contributed by atoms with Crippen LogP contribution in [0.25, 0.3) is 0 Å². The summed E-state index contributed by atoms with van der Waals surface area (Å²) in [6.45, 7) is 10.1. The Hall–Kier alpha value is -0.820. The molecule has 1 saturated heterocycles. The Morgan fingerprint density at radius 2 is 2.12 bits per heavy atom. The van der Waals surface area contributed by atoms with Crippen LogP contribution in [-0.4, -0.2) is 55.2 Å². The molecule has 1 aromatic rings. The second kappa shape index (κ2) is 11.8. The third-order valence-corrected chi connectivity index (χ3v) is 6.09. The molecule has 26 heavy (non-hydrogen) atoms. The molecule has 3 N–H and O–H groups in total. The molecule has 0 bridgehead atoms. The first-order valence-corrected chi connectivity index (χ1v) is 11.0. The van der Waals surface area contributed by atoms with Gasteiger partial charge in [-0.25, -0.2) is 0 Å². The van der Waals surface area contributed by atoms with Gasteiger partial charge in [-0.05, 0) is 70.3 Å². The maximum atomic E-state index is 10.2. The summed E-state index contributed by atoms with van der Waals surface area (Å²) in [5, 5.41) is 16.8. The molecule has 0 saturated carbocycles. The smallest absolute Gasteiger partial charge is 0.191 e. The van der Waals surface area contributed by atoms with E-state index in [0.29, 0.717) is 10.9 Å². The third-order valence-electron chi connectivity index (χ3n) is 4.76. The number of aliphatic hydroxyl groups is 1. The van der Waals surface area contributed by atoms with E-state index in [1.54, 1.807) is 6.07 Å². The van der Waals surface area contributed by atoms with Gasteiger partial charge in [-0.15, -0.1) is 11.3 Å². The highest BCUT2D eigenvalue weighted by Gasteiger charge is 2.14. The topological polar surface area (TPSA) is 59.9 Å². The summed E-state index contributed by atoms with van der Waals surface area (Å²) in [6.07, 6.45) is 4.40. The highest BCUT2D eigenvalue weighted by molar-refractivity contribution is 7.16. The largest absolute Gasteiger partial charge is 0.386 e. The van der Waals surface area contributed by atoms with E-state index in [-0.39, 0.29) is 0 Å². The maximum Gasteiger partial charge on any atom is 0.191 e. The normalized spacial score (nSPS) is 18.1. The van der Waals surface area contributed by atoms with Crippen LogP contribution in [-0.2, 0) is 0 Å². The van der Waals surface area contributed by atoms with Gasteiger partial charge >= 0.3 is 0 Å². The van der Waals surface area contributed by atoms with E-state index in [4.69, 9.17) is 11.6 Å². The minimum absolute atomic E-state index is 0.331. The number of thiophene rings is 1. The molecule has 2 rings (SSSR count). The van der Waals surface area contributed by atoms with E-state index in [1.807, 2.05) is 13.0 Å². The molecule has 1 atom stereocenters. The lowest BCUT2D eigenvalue weighted by molar-refractivity contribution is 0.189. The Balaban J connectivity index is 1.65. The number of nitrogens with one attached hydrogen (secondary N) is 2. The fraction of sp³-hybridized carbons (Fsp3) is 0.737. The summed E-state index contributed by atoms with van der Waals surface area (Å²) in [7, 11) is 0. The second-order valence-corrected chi connectivity index (χ2v) is 8.78. The molecule has 1 unspecified atom stereocenters. The van der Waals surface area contributed by atoms with Gasteiger partial charge in [0.1, 0.15) is 6.10 Å². The lowest BCUT2D eigenvalue weighted by atomic mass is 9.99. The molecular formula is C19H33ClN4OS. The number of piperidine rings is 1. The second-order valence-electron chi connectivity index (χ2n) is 7.04. The fourth-order valence-electron chi connectivity index (χ4n) is 3.07. The minimum Gasteiger partial charge on any atom is -0.386 e. The Kier molecular flexibility index (Phi) is 9.75. The van der Waals surface area contributed by atoms with E-state index in [9.17, 15) is 5.11 Å². The van der Waals surface area contributed by atoms with Crippen molar-refractivity contribution in [2.75, 3.05) is 39.3 Å². The van der Waals surface area contributed by atoms with Crippen molar-refractivity contribution in [3.8, 4) is 0 Å². The molecule has 1 aliphatic rings. The molecule has 0 amide bonds. The molecule has 5 nitrogen and oxygen atoms in total. The molecule has 0 radical (unpaired) electrons. The van der Waals surface area contributed by atoms with E-state index in [1.165, 1.54) is 50.2 Å². The van der Waals surface area contributed by atoms with Crippen molar-refractivity contribution in [3.63, 3.8) is 0 Å². The van der Waals surface area contributed by atoms with Crippen LogP contribution in [0.1, 0.15) is 50.5 Å². The first-order chi connectivity index (χ1) is 12.6. The van der Waals surface area contributed by atoms with Crippen LogP contribution in [0, 0.1) is 5.92 Å². The van der Waals surface area contributed by atoms with Crippen LogP contribution >= 0.6 is 22.9 Å². The Bertz CT molecular complexity index is 543. The number of halogens is 1. The minimum atomic E-state index is -0.607. The summed E-state index contributed by atoms with van der Waals surface area (Å²) >= 11 is 7.32. The molecule has 1 fully saturated rings. The summed E-state index contributed by atoms with van der Waals surface area (Å²) < 4.78 is 0.691. The summed E-state index contributed by atoms with van der Waals surface area (Å²) in [4.78, 5) is 7.93. The van der Waals surface area contributed by atoms with Gasteiger partial charge in [-0.1, -0.05) is 18.5 Å². The SMILES string of the molecule is CCNC(=NCC(O)c1ccc(Cl)s1)NCCCCN1CCC(C)CC1. The predicted molar refractivity (Wildman–Crippen MR) is 112 cm³/mol. The standard InChI is InChI=1S/C19H33ClN4OS/c1-3-21-19(23-14-16(25)17-6-7-18(20)26-17)22-10-4-5-11-24-12-8-15(2)9-13-24/h6-7,15-16,25H,3-5,8-14H2,1-2H3,(H2,21,22,23). The van der Waals surface area contributed by atoms with Gasteiger partial charge in [0.2, 0.25) is 0 Å². The van der Waals surface area contributed by atoms with Gasteiger partial charge in [0, 0.05) is 18.0 Å². The van der Waals surface area contributed by atoms with Crippen molar-refractivity contribution in [1.82, 2.24) is 15.5 Å². The molecule has 0 aromatic carbocycles. The summed E-state index contributed by atoms with van der Waals surface area (Å²) in [5.41, 5.74) is 0. The molecule has 7 heteroatoms. The molecule has 0 aliphatic carbocycles. The number of unbranched alkanes of at least 4 members (excludes halogenated alkanes) is 1. The number of hydrogen-bond acceptors (Lipinski definition) is 4. The van der Waals surface area contributed by atoms with Gasteiger partial charge in [-0.2, -0.15) is 0 Å². The lowest BCUT2D eigenvalue weighted by Crippen LogP contribution is -2.38. The number of guanidine groups is 1. The van der Waals surface area contributed by atoms with Crippen molar-refractivity contribution in [3.05, 3.63) is 21.3 Å². The van der Waals surface area contributed by atoms with Crippen LogP contribution in [0.15, 0.2) is 17.1 Å². The van der Waals surface area contributed by atoms with Crippen LogP contribution in [0.3, 0.4) is 0 Å². The monoisotopic (exact) mass is 400 g/mol. The van der Waals surface area contributed by atoms with Crippen molar-refractivity contribution >= 4 is 28.9 Å². The van der Waals surface area contributed by atoms with Crippen LogP contribution in [0.2, 0.25) is 4.34 Å². The molecular weight excluding hydrogens is 368 g/mol. The zero-order chi connectivity index (χ0) is 18.8. The summed E-state index contributed by atoms with van der Waals surface area (Å²) in [6, 6.07) is 3.66. The van der Waals surface area contributed by atoms with Gasteiger partial charge < -0.3 is 20.6 Å². The van der Waals surface area contributed by atoms with Crippen molar-refractivity contribution < 1.29 is 5.11 Å². The van der Waals surface area contributed by atoms with Crippen molar-refractivity contribution in [2.45, 2.75) is 45.6 Å². The van der Waals surface area contributed by atoms with E-state index >= 15 is 0 Å². The fourth-order valence-corrected chi connectivity index (χ4v) is 4.11. The number of likely N-dealkylation sites (tertiary alicyclic amines) is 1. The van der Waals surface area contributed by atoms with E-state index < -0.39 is 6.10 Å². The number of hydrogen-bond donors (Lipinski definition) is 3. The van der Waals surface area contributed by atoms with Crippen LogP contribution < -0.4 is 10.6 Å². The molecule has 0 spiro atoms. The van der Waals surface area contributed by atoms with E-state index in [0.717, 1.165) is 36.3 Å². The Morgan fingerprint density at radius 3 is 2.77 bits per heavy atom.